The van der Waals surface area contributed by atoms with E-state index in [4.69, 9.17) is 23.1 Å². The fraction of sp³-hybridized carbons (Fsp3) is 0. The van der Waals surface area contributed by atoms with Gasteiger partial charge in [-0.2, -0.15) is 15.8 Å². The summed E-state index contributed by atoms with van der Waals surface area (Å²) < 4.78 is 4.37. The minimum absolute atomic E-state index is 0.406. The van der Waals surface area contributed by atoms with Crippen molar-refractivity contribution in [2.75, 3.05) is 0 Å². The van der Waals surface area contributed by atoms with Gasteiger partial charge in [0.15, 0.2) is 17.2 Å². The molecule has 9 heteroatoms. The molecule has 0 unspecified atom stereocenters. The Labute approximate surface area is 483 Å². The van der Waals surface area contributed by atoms with E-state index in [2.05, 4.69) is 110 Å². The van der Waals surface area contributed by atoms with Crippen molar-refractivity contribution in [3.05, 3.63) is 288 Å². The fourth-order valence-corrected chi connectivity index (χ4v) is 11.5. The second-order valence-corrected chi connectivity index (χ2v) is 20.5. The van der Waals surface area contributed by atoms with E-state index in [1.807, 2.05) is 176 Å². The fourth-order valence-electron chi connectivity index (χ4n) is 11.5. The molecule has 84 heavy (non-hydrogen) atoms. The van der Waals surface area contributed by atoms with Gasteiger partial charge in [0, 0.05) is 38.2 Å². The van der Waals surface area contributed by atoms with Crippen molar-refractivity contribution < 1.29 is 0 Å². The summed E-state index contributed by atoms with van der Waals surface area (Å²) in [7, 11) is 0. The van der Waals surface area contributed by atoms with Crippen LogP contribution in [0.15, 0.2) is 249 Å². The number of aromatic nitrogens is 4. The van der Waals surface area contributed by atoms with E-state index in [-0.39, 0.29) is 0 Å². The van der Waals surface area contributed by atoms with Gasteiger partial charge in [-0.1, -0.05) is 158 Å². The predicted molar refractivity (Wildman–Crippen MR) is 335 cm³/mol. The molecule has 11 aromatic carbocycles. The molecule has 0 saturated carbocycles. The minimum Gasteiger partial charge on any atom is -0.308 e. The van der Waals surface area contributed by atoms with Crippen LogP contribution in [0.25, 0.3) is 143 Å². The van der Waals surface area contributed by atoms with Gasteiger partial charge in [0.05, 0.1) is 81.2 Å². The van der Waals surface area contributed by atoms with Crippen molar-refractivity contribution in [2.24, 2.45) is 0 Å². The van der Waals surface area contributed by atoms with E-state index in [9.17, 15) is 15.8 Å². The molecule has 9 nitrogen and oxygen atoms in total. The van der Waals surface area contributed by atoms with Crippen LogP contribution in [0.1, 0.15) is 16.7 Å². The molecular weight excluding hydrogens is 1030 g/mol. The Morgan fingerprint density at radius 3 is 0.940 bits per heavy atom. The highest BCUT2D eigenvalue weighted by Crippen LogP contribution is 2.44. The molecule has 3 aromatic heterocycles. The molecule has 0 spiro atoms. The van der Waals surface area contributed by atoms with Crippen LogP contribution in [0.5, 0.6) is 0 Å². The molecule has 0 aliphatic carbocycles. The lowest BCUT2D eigenvalue weighted by Gasteiger charge is -2.19. The molecule has 3 heterocycles. The van der Waals surface area contributed by atoms with Crippen molar-refractivity contribution in [3.63, 3.8) is 0 Å². The maximum atomic E-state index is 12.1. The molecule has 0 aliphatic rings. The van der Waals surface area contributed by atoms with Gasteiger partial charge in [-0.15, -0.1) is 0 Å². The standard InChI is InChI=1S/C75H41N9/c1-79-60-29-21-51(22-30-60)57-27-35-71-64(39-57)65-40-58(52-23-31-61(80-2)32-24-52)28-36-72(65)84(71)74-42-59(75-81-67(53-9-5-3-6-10-53)43-68(82-75)54-11-7-4-8-12-54)41-73(66(74)46-78)83-69-33-25-55(49-17-13-47(44-76)14-18-49)37-62(69)63-38-56(26-34-70(63)83)50-19-15-48(45-77)16-20-50/h3-43H. The lowest BCUT2D eigenvalue weighted by Crippen LogP contribution is -2.06. The van der Waals surface area contributed by atoms with Crippen molar-refractivity contribution >= 4 is 55.0 Å². The van der Waals surface area contributed by atoms with E-state index >= 15 is 0 Å². The first-order valence-electron chi connectivity index (χ1n) is 27.1. The first kappa shape index (κ1) is 49.8. The highest BCUT2D eigenvalue weighted by Gasteiger charge is 2.25. The molecule has 0 N–H and O–H groups in total. The summed E-state index contributed by atoms with van der Waals surface area (Å²) in [5.41, 5.74) is 19.0. The summed E-state index contributed by atoms with van der Waals surface area (Å²) in [5, 5.41) is 35.2. The van der Waals surface area contributed by atoms with E-state index in [1.54, 1.807) is 0 Å². The van der Waals surface area contributed by atoms with Crippen LogP contribution in [0.4, 0.5) is 11.4 Å². The lowest BCUT2D eigenvalue weighted by molar-refractivity contribution is 1.11. The number of nitriles is 3. The van der Waals surface area contributed by atoms with Crippen LogP contribution >= 0.6 is 0 Å². The molecule has 0 atom stereocenters. The molecule has 0 fully saturated rings. The molecular formula is C75H41N9. The number of rotatable bonds is 9. The Hall–Kier alpha value is -12.5. The van der Waals surface area contributed by atoms with Crippen LogP contribution in [0.2, 0.25) is 0 Å². The largest absolute Gasteiger partial charge is 0.308 e. The SMILES string of the molecule is [C-]#[N+]c1ccc(-c2ccc3c(c2)c2cc(-c4ccc([N+]#[C-])cc4)ccc2n3-c2cc(-c3nc(-c4ccccc4)cc(-c4ccccc4)n3)cc(-n3c4ccc(-c5ccc(C#N)cc5)cc4c4cc(-c5ccc(C#N)cc5)ccc43)c2C#N)cc1. The van der Waals surface area contributed by atoms with E-state index in [1.165, 1.54) is 0 Å². The summed E-state index contributed by atoms with van der Waals surface area (Å²) in [6.45, 7) is 15.2. The number of nitrogens with zero attached hydrogens (tertiary/aromatic N) is 9. The summed E-state index contributed by atoms with van der Waals surface area (Å²) in [6, 6.07) is 89.5. The third-order valence-electron chi connectivity index (χ3n) is 15.7. The van der Waals surface area contributed by atoms with Crippen molar-refractivity contribution in [1.82, 2.24) is 19.1 Å². The second kappa shape index (κ2) is 20.7. The van der Waals surface area contributed by atoms with E-state index in [0.29, 0.717) is 50.8 Å². The molecule has 0 bridgehead atoms. The normalized spacial score (nSPS) is 11.0. The first-order chi connectivity index (χ1) is 41.4. The first-order valence-corrected chi connectivity index (χ1v) is 27.1. The maximum Gasteiger partial charge on any atom is 0.187 e. The molecule has 386 valence electrons. The Balaban J connectivity index is 1.09. The molecule has 14 rings (SSSR count). The van der Waals surface area contributed by atoms with Crippen LogP contribution in [0, 0.1) is 47.1 Å². The Kier molecular flexibility index (Phi) is 12.2. The average molecular weight is 1070 g/mol. The lowest BCUT2D eigenvalue weighted by atomic mass is 9.99. The van der Waals surface area contributed by atoms with Gasteiger partial charge in [0.25, 0.3) is 0 Å². The summed E-state index contributed by atoms with van der Waals surface area (Å²) in [4.78, 5) is 18.1. The average Bonchev–Trinajstić information content (AvgIpc) is 4.14. The molecule has 14 aromatic rings. The van der Waals surface area contributed by atoms with Crippen molar-refractivity contribution in [1.29, 1.82) is 15.8 Å². The Bertz CT molecular complexity index is 4650. The number of benzene rings is 11. The zero-order valence-corrected chi connectivity index (χ0v) is 44.7. The topological polar surface area (TPSA) is 116 Å². The van der Waals surface area contributed by atoms with Gasteiger partial charge in [-0.3, -0.25) is 0 Å². The highest BCUT2D eigenvalue weighted by molar-refractivity contribution is 6.14. The quantitative estimate of drug-likeness (QED) is 0.134. The van der Waals surface area contributed by atoms with Gasteiger partial charge in [-0.25, -0.2) is 19.7 Å². The van der Waals surface area contributed by atoms with Crippen LogP contribution < -0.4 is 0 Å². The van der Waals surface area contributed by atoms with E-state index < -0.39 is 0 Å². The minimum atomic E-state index is 0.406. The Morgan fingerprint density at radius 1 is 0.310 bits per heavy atom. The van der Waals surface area contributed by atoms with Gasteiger partial charge >= 0.3 is 0 Å². The molecule has 0 saturated heterocycles. The molecule has 0 radical (unpaired) electrons. The number of hydrogen-bond donors (Lipinski definition) is 0. The summed E-state index contributed by atoms with van der Waals surface area (Å²) in [6.07, 6.45) is 0. The zero-order valence-electron chi connectivity index (χ0n) is 44.7. The molecule has 0 aliphatic heterocycles. The monoisotopic (exact) mass is 1070 g/mol. The summed E-state index contributed by atoms with van der Waals surface area (Å²) >= 11 is 0. The zero-order chi connectivity index (χ0) is 56.8. The third-order valence-corrected chi connectivity index (χ3v) is 15.7. The van der Waals surface area contributed by atoms with Crippen LogP contribution in [0.3, 0.4) is 0 Å². The second-order valence-electron chi connectivity index (χ2n) is 20.5. The smallest absolute Gasteiger partial charge is 0.187 e. The Morgan fingerprint density at radius 2 is 0.631 bits per heavy atom. The van der Waals surface area contributed by atoms with Gasteiger partial charge in [0.1, 0.15) is 11.6 Å². The number of hydrogen-bond acceptors (Lipinski definition) is 5. The van der Waals surface area contributed by atoms with Crippen molar-refractivity contribution in [2.45, 2.75) is 0 Å². The predicted octanol–water partition coefficient (Wildman–Crippen LogP) is 19.1. The number of fused-ring (bicyclic) bond motifs is 6. The highest BCUT2D eigenvalue weighted by atomic mass is 15.0. The summed E-state index contributed by atoms with van der Waals surface area (Å²) in [5.74, 6) is 0.463. The van der Waals surface area contributed by atoms with Crippen LogP contribution in [-0.4, -0.2) is 19.1 Å². The third kappa shape index (κ3) is 8.72. The van der Waals surface area contributed by atoms with Gasteiger partial charge < -0.3 is 9.13 Å². The van der Waals surface area contributed by atoms with Crippen LogP contribution in [-0.2, 0) is 0 Å². The maximum absolute atomic E-state index is 12.1. The molecule has 0 amide bonds. The van der Waals surface area contributed by atoms with E-state index in [0.717, 1.165) is 111 Å². The van der Waals surface area contributed by atoms with Gasteiger partial charge in [-0.05, 0) is 136 Å². The van der Waals surface area contributed by atoms with Gasteiger partial charge in [0.2, 0.25) is 0 Å². The van der Waals surface area contributed by atoms with Crippen molar-refractivity contribution in [3.8, 4) is 108 Å².